The summed E-state index contributed by atoms with van der Waals surface area (Å²) in [6, 6.07) is 0. The van der Waals surface area contributed by atoms with Gasteiger partial charge >= 0.3 is 23.9 Å². The molecular formula is C22H34O9. The van der Waals surface area contributed by atoms with Crippen LogP contribution in [-0.2, 0) is 42.9 Å². The van der Waals surface area contributed by atoms with Crippen LogP contribution in [0.2, 0.25) is 0 Å². The van der Waals surface area contributed by atoms with Crippen LogP contribution < -0.4 is 0 Å². The van der Waals surface area contributed by atoms with E-state index in [1.807, 2.05) is 0 Å². The van der Waals surface area contributed by atoms with Gasteiger partial charge in [0.05, 0.1) is 23.7 Å². The second-order valence-corrected chi connectivity index (χ2v) is 8.62. The Kier molecular flexibility index (Phi) is 10.00. The minimum Gasteiger partial charge on any atom is -0.487 e. The first-order valence-electron chi connectivity index (χ1n) is 10.5. The van der Waals surface area contributed by atoms with Crippen molar-refractivity contribution in [1.82, 2.24) is 0 Å². The standard InChI is InChI=1S/C22H34O9/c1-11(2)19(23)28-9-15-17(30-21(25)13(5)6)18(31-22(26)14(7)8)16(10-27-15)29-20(24)12(3)4/h10-15,17-18H,9H2,1-8H3/t15-,17-,18-/m1/s1. The molecule has 0 N–H and O–H groups in total. The van der Waals surface area contributed by atoms with Crippen molar-refractivity contribution in [2.45, 2.75) is 73.7 Å². The fraction of sp³-hybridized carbons (Fsp3) is 0.727. The SMILES string of the molecule is CC(C)C(=O)OC[C@H]1OC=C(OC(=O)C(C)C)[C@@H](OC(=O)C(C)C)[C@@H]1OC(=O)C(C)C. The number of rotatable bonds is 9. The molecule has 0 aromatic rings. The van der Waals surface area contributed by atoms with E-state index in [1.165, 1.54) is 0 Å². The third kappa shape index (κ3) is 7.88. The van der Waals surface area contributed by atoms with Gasteiger partial charge in [0.1, 0.15) is 12.9 Å². The first-order chi connectivity index (χ1) is 14.3. The first kappa shape index (κ1) is 26.5. The molecule has 1 heterocycles. The fourth-order valence-electron chi connectivity index (χ4n) is 2.23. The number of carbonyl (C=O) groups is 4. The fourth-order valence-corrected chi connectivity index (χ4v) is 2.23. The molecule has 0 aliphatic carbocycles. The van der Waals surface area contributed by atoms with E-state index in [9.17, 15) is 19.2 Å². The first-order valence-corrected chi connectivity index (χ1v) is 10.5. The summed E-state index contributed by atoms with van der Waals surface area (Å²) in [4.78, 5) is 48.7. The van der Waals surface area contributed by atoms with E-state index < -0.39 is 59.9 Å². The summed E-state index contributed by atoms with van der Waals surface area (Å²) in [5.41, 5.74) is 0. The Labute approximate surface area is 183 Å². The molecule has 9 nitrogen and oxygen atoms in total. The van der Waals surface area contributed by atoms with Crippen LogP contribution in [-0.4, -0.2) is 48.8 Å². The molecule has 1 aliphatic heterocycles. The molecule has 1 rings (SSSR count). The number of ether oxygens (including phenoxy) is 5. The summed E-state index contributed by atoms with van der Waals surface area (Å²) < 4.78 is 27.3. The van der Waals surface area contributed by atoms with Gasteiger partial charge in [-0.3, -0.25) is 19.2 Å². The zero-order chi connectivity index (χ0) is 23.9. The largest absolute Gasteiger partial charge is 0.487 e. The van der Waals surface area contributed by atoms with Gasteiger partial charge in [-0.05, 0) is 0 Å². The molecule has 1 aliphatic rings. The molecule has 31 heavy (non-hydrogen) atoms. The van der Waals surface area contributed by atoms with Gasteiger partial charge in [-0.1, -0.05) is 55.4 Å². The molecule has 0 saturated heterocycles. The van der Waals surface area contributed by atoms with Crippen LogP contribution in [0.5, 0.6) is 0 Å². The quantitative estimate of drug-likeness (QED) is 0.393. The topological polar surface area (TPSA) is 114 Å². The Hall–Kier alpha value is -2.58. The summed E-state index contributed by atoms with van der Waals surface area (Å²) >= 11 is 0. The molecular weight excluding hydrogens is 408 g/mol. The normalized spacial score (nSPS) is 20.9. The maximum atomic E-state index is 12.4. The van der Waals surface area contributed by atoms with Gasteiger partial charge < -0.3 is 23.7 Å². The second-order valence-electron chi connectivity index (χ2n) is 8.62. The van der Waals surface area contributed by atoms with Gasteiger partial charge in [0, 0.05) is 0 Å². The summed E-state index contributed by atoms with van der Waals surface area (Å²) in [5.74, 6) is -4.07. The van der Waals surface area contributed by atoms with Crippen LogP contribution in [0.15, 0.2) is 12.0 Å². The van der Waals surface area contributed by atoms with E-state index in [-0.39, 0.29) is 18.3 Å². The summed E-state index contributed by atoms with van der Waals surface area (Å²) in [5, 5.41) is 0. The zero-order valence-corrected chi connectivity index (χ0v) is 19.5. The van der Waals surface area contributed by atoms with Gasteiger partial charge in [0.15, 0.2) is 18.0 Å². The Bertz CT molecular complexity index is 691. The highest BCUT2D eigenvalue weighted by atomic mass is 16.6. The highest BCUT2D eigenvalue weighted by molar-refractivity contribution is 5.75. The maximum Gasteiger partial charge on any atom is 0.313 e. The Morgan fingerprint density at radius 1 is 0.774 bits per heavy atom. The van der Waals surface area contributed by atoms with Crippen LogP contribution >= 0.6 is 0 Å². The molecule has 0 radical (unpaired) electrons. The molecule has 0 aromatic carbocycles. The van der Waals surface area contributed by atoms with Crippen LogP contribution in [0.1, 0.15) is 55.4 Å². The molecule has 0 saturated carbocycles. The number of hydrogen-bond donors (Lipinski definition) is 0. The molecule has 176 valence electrons. The van der Waals surface area contributed by atoms with E-state index in [0.717, 1.165) is 6.26 Å². The van der Waals surface area contributed by atoms with E-state index in [0.29, 0.717) is 0 Å². The predicted octanol–water partition coefficient (Wildman–Crippen LogP) is 2.76. The van der Waals surface area contributed by atoms with Crippen molar-refractivity contribution in [1.29, 1.82) is 0 Å². The minimum atomic E-state index is -1.24. The van der Waals surface area contributed by atoms with Crippen molar-refractivity contribution in [3.63, 3.8) is 0 Å². The predicted molar refractivity (Wildman–Crippen MR) is 109 cm³/mol. The average Bonchev–Trinajstić information content (AvgIpc) is 2.68. The molecule has 0 spiro atoms. The van der Waals surface area contributed by atoms with E-state index >= 15 is 0 Å². The highest BCUT2D eigenvalue weighted by Gasteiger charge is 2.45. The summed E-state index contributed by atoms with van der Waals surface area (Å²) in [6.07, 6.45) is -2.25. The Morgan fingerprint density at radius 3 is 1.74 bits per heavy atom. The van der Waals surface area contributed by atoms with Crippen LogP contribution in [0.3, 0.4) is 0 Å². The monoisotopic (exact) mass is 442 g/mol. The van der Waals surface area contributed by atoms with Gasteiger partial charge in [0.2, 0.25) is 6.10 Å². The van der Waals surface area contributed by atoms with Gasteiger partial charge in [-0.15, -0.1) is 0 Å². The molecule has 0 amide bonds. The van der Waals surface area contributed by atoms with Gasteiger partial charge in [-0.2, -0.15) is 0 Å². The Morgan fingerprint density at radius 2 is 1.26 bits per heavy atom. The van der Waals surface area contributed by atoms with Crippen LogP contribution in [0, 0.1) is 23.7 Å². The molecule has 9 heteroatoms. The van der Waals surface area contributed by atoms with Gasteiger partial charge in [0.25, 0.3) is 0 Å². The van der Waals surface area contributed by atoms with Crippen molar-refractivity contribution in [2.75, 3.05) is 6.61 Å². The lowest BCUT2D eigenvalue weighted by molar-refractivity contribution is -0.193. The summed E-state index contributed by atoms with van der Waals surface area (Å²) in [7, 11) is 0. The van der Waals surface area contributed by atoms with Crippen LogP contribution in [0.25, 0.3) is 0 Å². The smallest absolute Gasteiger partial charge is 0.313 e. The highest BCUT2D eigenvalue weighted by Crippen LogP contribution is 2.28. The minimum absolute atomic E-state index is 0.0966. The summed E-state index contributed by atoms with van der Waals surface area (Å²) in [6.45, 7) is 13.0. The van der Waals surface area contributed by atoms with Crippen molar-refractivity contribution in [3.8, 4) is 0 Å². The molecule has 0 fully saturated rings. The number of esters is 4. The maximum absolute atomic E-state index is 12.4. The zero-order valence-electron chi connectivity index (χ0n) is 19.5. The lowest BCUT2D eigenvalue weighted by Gasteiger charge is -2.36. The molecule has 0 aromatic heterocycles. The average molecular weight is 443 g/mol. The lowest BCUT2D eigenvalue weighted by Crippen LogP contribution is -2.51. The third-order valence-corrected chi connectivity index (χ3v) is 4.29. The van der Waals surface area contributed by atoms with E-state index in [2.05, 4.69) is 0 Å². The van der Waals surface area contributed by atoms with Gasteiger partial charge in [-0.25, -0.2) is 0 Å². The number of carbonyl (C=O) groups excluding carboxylic acids is 4. The molecule has 0 bridgehead atoms. The van der Waals surface area contributed by atoms with Crippen molar-refractivity contribution >= 4 is 23.9 Å². The van der Waals surface area contributed by atoms with Crippen molar-refractivity contribution in [3.05, 3.63) is 12.0 Å². The molecule has 3 atom stereocenters. The van der Waals surface area contributed by atoms with Crippen molar-refractivity contribution in [2.24, 2.45) is 23.7 Å². The Balaban J connectivity index is 3.27. The van der Waals surface area contributed by atoms with Crippen LogP contribution in [0.4, 0.5) is 0 Å². The lowest BCUT2D eigenvalue weighted by atomic mass is 10.0. The number of hydrogen-bond acceptors (Lipinski definition) is 9. The van der Waals surface area contributed by atoms with E-state index in [4.69, 9.17) is 23.7 Å². The van der Waals surface area contributed by atoms with Crippen molar-refractivity contribution < 1.29 is 42.9 Å². The second kappa shape index (κ2) is 11.7. The van der Waals surface area contributed by atoms with E-state index in [1.54, 1.807) is 55.4 Å². The third-order valence-electron chi connectivity index (χ3n) is 4.29. The molecule has 0 unspecified atom stereocenters.